The molecule has 0 radical (unpaired) electrons. The lowest BCUT2D eigenvalue weighted by Crippen LogP contribution is -2.07. The van der Waals surface area contributed by atoms with Gasteiger partial charge in [0.2, 0.25) is 0 Å². The molecule has 54 valence electrons. The van der Waals surface area contributed by atoms with E-state index in [1.54, 1.807) is 0 Å². The molecule has 0 aromatic heterocycles. The second kappa shape index (κ2) is 5.63. The summed E-state index contributed by atoms with van der Waals surface area (Å²) in [6.45, 7) is 5.26. The Kier molecular flexibility index (Phi) is 5.32. The first-order valence-corrected chi connectivity index (χ1v) is 3.33. The van der Waals surface area contributed by atoms with Crippen LogP contribution in [0.1, 0.15) is 20.3 Å². The van der Waals surface area contributed by atoms with Gasteiger partial charge in [0.25, 0.3) is 0 Å². The normalized spacial score (nSPS) is 11.7. The molecule has 0 amide bonds. The Hall–Kier alpha value is -0.500. The van der Waals surface area contributed by atoms with Crippen molar-refractivity contribution in [2.24, 2.45) is 5.73 Å². The minimum Gasteiger partial charge on any atom is -0.497 e. The van der Waals surface area contributed by atoms with Gasteiger partial charge < -0.3 is 10.5 Å². The van der Waals surface area contributed by atoms with E-state index in [-0.39, 0.29) is 0 Å². The molecule has 0 aromatic rings. The molecule has 2 N–H and O–H groups in total. The van der Waals surface area contributed by atoms with Crippen LogP contribution in [-0.4, -0.2) is 13.2 Å². The average molecular weight is 129 g/mol. The van der Waals surface area contributed by atoms with Crippen molar-refractivity contribution in [2.75, 3.05) is 13.2 Å². The lowest BCUT2D eigenvalue weighted by Gasteiger charge is -2.04. The number of rotatable bonds is 4. The van der Waals surface area contributed by atoms with E-state index in [1.807, 2.05) is 13.0 Å². The lowest BCUT2D eigenvalue weighted by atomic mass is 10.4. The van der Waals surface area contributed by atoms with Crippen LogP contribution in [0.5, 0.6) is 0 Å². The first-order valence-electron chi connectivity index (χ1n) is 3.33. The quantitative estimate of drug-likeness (QED) is 0.580. The van der Waals surface area contributed by atoms with Crippen LogP contribution in [0, 0.1) is 0 Å². The molecule has 0 aliphatic rings. The van der Waals surface area contributed by atoms with Gasteiger partial charge in [-0.2, -0.15) is 0 Å². The van der Waals surface area contributed by atoms with Crippen LogP contribution in [0.3, 0.4) is 0 Å². The van der Waals surface area contributed by atoms with Crippen LogP contribution < -0.4 is 5.73 Å². The van der Waals surface area contributed by atoms with Crippen molar-refractivity contribution in [3.8, 4) is 0 Å². The monoisotopic (exact) mass is 129 g/mol. The highest BCUT2D eigenvalue weighted by molar-refractivity contribution is 4.88. The van der Waals surface area contributed by atoms with E-state index in [9.17, 15) is 0 Å². The third-order valence-corrected chi connectivity index (χ3v) is 1.08. The van der Waals surface area contributed by atoms with E-state index in [0.717, 1.165) is 12.2 Å². The molecule has 0 rings (SSSR count). The molecule has 0 fully saturated rings. The second-order valence-corrected chi connectivity index (χ2v) is 1.75. The molecule has 0 atom stereocenters. The molecule has 9 heavy (non-hydrogen) atoms. The zero-order valence-electron chi connectivity index (χ0n) is 6.18. The summed E-state index contributed by atoms with van der Waals surface area (Å²) in [7, 11) is 0. The van der Waals surface area contributed by atoms with E-state index < -0.39 is 0 Å². The van der Waals surface area contributed by atoms with E-state index >= 15 is 0 Å². The van der Waals surface area contributed by atoms with Gasteiger partial charge in [-0.25, -0.2) is 0 Å². The smallest absolute Gasteiger partial charge is 0.0999 e. The number of hydrogen-bond acceptors (Lipinski definition) is 2. The van der Waals surface area contributed by atoms with Gasteiger partial charge >= 0.3 is 0 Å². The fourth-order valence-electron chi connectivity index (χ4n) is 0.580. The maximum Gasteiger partial charge on any atom is 0.0999 e. The molecule has 0 heterocycles. The van der Waals surface area contributed by atoms with E-state index in [2.05, 4.69) is 6.92 Å². The van der Waals surface area contributed by atoms with Crippen molar-refractivity contribution in [2.45, 2.75) is 20.3 Å². The zero-order valence-corrected chi connectivity index (χ0v) is 6.18. The van der Waals surface area contributed by atoms with Crippen molar-refractivity contribution >= 4 is 0 Å². The largest absolute Gasteiger partial charge is 0.497 e. The van der Waals surface area contributed by atoms with Gasteiger partial charge in [-0.15, -0.1) is 0 Å². The highest BCUT2D eigenvalue weighted by Crippen LogP contribution is 2.00. The molecule has 0 aromatic carbocycles. The molecule has 0 aliphatic heterocycles. The van der Waals surface area contributed by atoms with Gasteiger partial charge in [0, 0.05) is 13.0 Å². The maximum atomic E-state index is 5.23. The summed E-state index contributed by atoms with van der Waals surface area (Å²) < 4.78 is 5.23. The summed E-state index contributed by atoms with van der Waals surface area (Å²) in [5.74, 6) is 1.03. The van der Waals surface area contributed by atoms with Crippen LogP contribution in [0.15, 0.2) is 11.8 Å². The SMILES string of the molecule is C/C=C(\CC)OCCN. The van der Waals surface area contributed by atoms with Gasteiger partial charge in [0.15, 0.2) is 0 Å². The molecule has 0 saturated carbocycles. The molecule has 0 spiro atoms. The highest BCUT2D eigenvalue weighted by Gasteiger charge is 1.88. The van der Waals surface area contributed by atoms with Gasteiger partial charge in [0.05, 0.1) is 12.4 Å². The first-order chi connectivity index (χ1) is 4.35. The van der Waals surface area contributed by atoms with Gasteiger partial charge in [0.1, 0.15) is 0 Å². The lowest BCUT2D eigenvalue weighted by molar-refractivity contribution is 0.212. The first kappa shape index (κ1) is 8.50. The minimum atomic E-state index is 0.595. The van der Waals surface area contributed by atoms with Crippen LogP contribution in [0.4, 0.5) is 0 Å². The Balaban J connectivity index is 3.33. The number of allylic oxidation sites excluding steroid dienone is 2. The summed E-state index contributed by atoms with van der Waals surface area (Å²) >= 11 is 0. The van der Waals surface area contributed by atoms with Gasteiger partial charge in [-0.3, -0.25) is 0 Å². The molecule has 0 aliphatic carbocycles. The van der Waals surface area contributed by atoms with Crippen LogP contribution in [0.25, 0.3) is 0 Å². The van der Waals surface area contributed by atoms with Crippen molar-refractivity contribution < 1.29 is 4.74 Å². The third kappa shape index (κ3) is 4.03. The van der Waals surface area contributed by atoms with Crippen LogP contribution in [0.2, 0.25) is 0 Å². The summed E-state index contributed by atoms with van der Waals surface area (Å²) in [5.41, 5.74) is 5.23. The van der Waals surface area contributed by atoms with Gasteiger partial charge in [-0.05, 0) is 13.0 Å². The molecule has 0 bridgehead atoms. The summed E-state index contributed by atoms with van der Waals surface area (Å²) in [5, 5.41) is 0. The van der Waals surface area contributed by atoms with Crippen molar-refractivity contribution in [1.82, 2.24) is 0 Å². The van der Waals surface area contributed by atoms with Crippen LogP contribution in [-0.2, 0) is 4.74 Å². The van der Waals surface area contributed by atoms with Crippen molar-refractivity contribution in [1.29, 1.82) is 0 Å². The highest BCUT2D eigenvalue weighted by atomic mass is 16.5. The number of hydrogen-bond donors (Lipinski definition) is 1. The topological polar surface area (TPSA) is 35.2 Å². The average Bonchev–Trinajstić information content (AvgIpc) is 1.91. The van der Waals surface area contributed by atoms with Crippen LogP contribution >= 0.6 is 0 Å². The molecule has 2 heteroatoms. The summed E-state index contributed by atoms with van der Waals surface area (Å²) in [4.78, 5) is 0. The summed E-state index contributed by atoms with van der Waals surface area (Å²) in [6, 6.07) is 0. The standard InChI is InChI=1S/C7H15NO/c1-3-7(4-2)9-6-5-8/h3H,4-6,8H2,1-2H3/b7-3+. The Morgan fingerprint density at radius 2 is 2.33 bits per heavy atom. The minimum absolute atomic E-state index is 0.595. The Morgan fingerprint density at radius 1 is 1.67 bits per heavy atom. The molecular weight excluding hydrogens is 114 g/mol. The fourth-order valence-corrected chi connectivity index (χ4v) is 0.580. The van der Waals surface area contributed by atoms with E-state index in [1.165, 1.54) is 0 Å². The van der Waals surface area contributed by atoms with E-state index in [0.29, 0.717) is 13.2 Å². The fraction of sp³-hybridized carbons (Fsp3) is 0.714. The van der Waals surface area contributed by atoms with Crippen molar-refractivity contribution in [3.63, 3.8) is 0 Å². The predicted molar refractivity (Wildman–Crippen MR) is 39.1 cm³/mol. The molecule has 0 saturated heterocycles. The van der Waals surface area contributed by atoms with E-state index in [4.69, 9.17) is 10.5 Å². The Labute approximate surface area is 56.7 Å². The molecule has 0 unspecified atom stereocenters. The van der Waals surface area contributed by atoms with Gasteiger partial charge in [-0.1, -0.05) is 6.92 Å². The molecule has 2 nitrogen and oxygen atoms in total. The molecular formula is C7H15NO. The third-order valence-electron chi connectivity index (χ3n) is 1.08. The predicted octanol–water partition coefficient (Wildman–Crippen LogP) is 1.28. The summed E-state index contributed by atoms with van der Waals surface area (Å²) in [6.07, 6.45) is 2.92. The maximum absolute atomic E-state index is 5.23. The van der Waals surface area contributed by atoms with Crippen molar-refractivity contribution in [3.05, 3.63) is 11.8 Å². The zero-order chi connectivity index (χ0) is 7.11. The Bertz CT molecular complexity index is 88.9. The second-order valence-electron chi connectivity index (χ2n) is 1.75. The number of nitrogens with two attached hydrogens (primary N) is 1. The number of ether oxygens (including phenoxy) is 1. The Morgan fingerprint density at radius 3 is 2.67 bits per heavy atom.